The molecule has 0 aliphatic carbocycles. The van der Waals surface area contributed by atoms with Crippen molar-refractivity contribution >= 4 is 27.7 Å². The fraction of sp³-hybridized carbons (Fsp3) is 0.206. The smallest absolute Gasteiger partial charge is 0.248 e. The molecular formula is C34H35N3O5S. The van der Waals surface area contributed by atoms with Crippen LogP contribution in [0.4, 0.5) is 5.69 Å². The Balaban J connectivity index is 1.21. The molecule has 222 valence electrons. The molecule has 0 bridgehead atoms. The van der Waals surface area contributed by atoms with Gasteiger partial charge in [-0.15, -0.1) is 0 Å². The molecule has 0 spiro atoms. The number of piperazine rings is 1. The van der Waals surface area contributed by atoms with Crippen LogP contribution >= 0.6 is 0 Å². The topological polar surface area (TPSA) is 88.2 Å². The zero-order valence-electron chi connectivity index (χ0n) is 24.2. The highest BCUT2D eigenvalue weighted by molar-refractivity contribution is 7.89. The Hall–Kier alpha value is -4.44. The zero-order valence-corrected chi connectivity index (χ0v) is 25.0. The number of amides is 1. The highest BCUT2D eigenvalue weighted by atomic mass is 32.2. The molecule has 4 aromatic carbocycles. The summed E-state index contributed by atoms with van der Waals surface area (Å²) in [5, 5.41) is 2.77. The van der Waals surface area contributed by atoms with Crippen LogP contribution in [0.3, 0.4) is 0 Å². The third-order valence-corrected chi connectivity index (χ3v) is 9.38. The standard InChI is InChI=1S/C34H35N3O5S/c1-41-31-19-13-26(25-32(31)42-2)14-20-33(38)35-29-15-17-30(18-16-29)43(39,40)37-23-21-36(22-24-37)34(27-9-5-3-6-10-27)28-11-7-4-8-12-28/h3-20,25,34H,21-24H2,1-2H3,(H,35,38). The molecule has 1 aliphatic heterocycles. The maximum absolute atomic E-state index is 13.5. The monoisotopic (exact) mass is 597 g/mol. The van der Waals surface area contributed by atoms with E-state index in [2.05, 4.69) is 34.5 Å². The molecule has 9 heteroatoms. The van der Waals surface area contributed by atoms with Gasteiger partial charge in [0.15, 0.2) is 11.5 Å². The molecule has 5 rings (SSSR count). The lowest BCUT2D eigenvalue weighted by molar-refractivity contribution is -0.111. The predicted molar refractivity (Wildman–Crippen MR) is 169 cm³/mol. The van der Waals surface area contributed by atoms with E-state index in [-0.39, 0.29) is 16.8 Å². The summed E-state index contributed by atoms with van der Waals surface area (Å²) in [7, 11) is -0.574. The third kappa shape index (κ3) is 7.14. The van der Waals surface area contributed by atoms with Crippen LogP contribution in [0.5, 0.6) is 11.5 Å². The molecule has 43 heavy (non-hydrogen) atoms. The fourth-order valence-corrected chi connectivity index (χ4v) is 6.68. The van der Waals surface area contributed by atoms with E-state index in [0.29, 0.717) is 43.4 Å². The zero-order chi connectivity index (χ0) is 30.2. The number of carbonyl (C=O) groups is 1. The molecule has 1 amide bonds. The second kappa shape index (κ2) is 13.7. The van der Waals surface area contributed by atoms with Crippen molar-refractivity contribution in [3.63, 3.8) is 0 Å². The average molecular weight is 598 g/mol. The van der Waals surface area contributed by atoms with Gasteiger partial charge in [-0.3, -0.25) is 9.69 Å². The van der Waals surface area contributed by atoms with Crippen LogP contribution < -0.4 is 14.8 Å². The summed E-state index contributed by atoms with van der Waals surface area (Å²) in [6.07, 6.45) is 3.07. The highest BCUT2D eigenvalue weighted by Gasteiger charge is 2.32. The van der Waals surface area contributed by atoms with Crippen LogP contribution in [0.25, 0.3) is 6.08 Å². The number of nitrogens with one attached hydrogen (secondary N) is 1. The molecule has 8 nitrogen and oxygen atoms in total. The summed E-state index contributed by atoms with van der Waals surface area (Å²) < 4.78 is 39.0. The summed E-state index contributed by atoms with van der Waals surface area (Å²) in [4.78, 5) is 15.0. The first kappa shape index (κ1) is 30.0. The number of hydrogen-bond acceptors (Lipinski definition) is 6. The lowest BCUT2D eigenvalue weighted by Crippen LogP contribution is -2.49. The number of benzene rings is 4. The summed E-state index contributed by atoms with van der Waals surface area (Å²) in [6.45, 7) is 1.98. The Kier molecular flexibility index (Phi) is 9.56. The Morgan fingerprint density at radius 1 is 0.767 bits per heavy atom. The quantitative estimate of drug-likeness (QED) is 0.245. The first-order valence-electron chi connectivity index (χ1n) is 14.0. The van der Waals surface area contributed by atoms with Crippen molar-refractivity contribution in [2.75, 3.05) is 45.7 Å². The molecule has 0 aromatic heterocycles. The Labute approximate surface area is 253 Å². The van der Waals surface area contributed by atoms with Crippen molar-refractivity contribution in [3.05, 3.63) is 126 Å². The van der Waals surface area contributed by atoms with E-state index in [4.69, 9.17) is 9.47 Å². The maximum Gasteiger partial charge on any atom is 0.248 e. The van der Waals surface area contributed by atoms with E-state index in [1.807, 2.05) is 42.5 Å². The number of carbonyl (C=O) groups excluding carboxylic acids is 1. The van der Waals surface area contributed by atoms with E-state index in [1.165, 1.54) is 33.6 Å². The molecule has 1 aliphatic rings. The van der Waals surface area contributed by atoms with Crippen molar-refractivity contribution in [1.29, 1.82) is 0 Å². The minimum atomic E-state index is -3.69. The Morgan fingerprint density at radius 3 is 1.91 bits per heavy atom. The SMILES string of the molecule is COc1ccc(C=CC(=O)Nc2ccc(S(=O)(=O)N3CCN(C(c4ccccc4)c4ccccc4)CC3)cc2)cc1OC. The number of ether oxygens (including phenoxy) is 2. The summed E-state index contributed by atoms with van der Waals surface area (Å²) >= 11 is 0. The predicted octanol–water partition coefficient (Wildman–Crippen LogP) is 5.45. The highest BCUT2D eigenvalue weighted by Crippen LogP contribution is 2.31. The molecular weight excluding hydrogens is 562 g/mol. The minimum Gasteiger partial charge on any atom is -0.493 e. The molecule has 4 aromatic rings. The molecule has 1 fully saturated rings. The molecule has 1 N–H and O–H groups in total. The number of rotatable bonds is 10. The van der Waals surface area contributed by atoms with Crippen molar-refractivity contribution in [3.8, 4) is 11.5 Å². The first-order chi connectivity index (χ1) is 20.9. The number of methoxy groups -OCH3 is 2. The number of anilines is 1. The summed E-state index contributed by atoms with van der Waals surface area (Å²) in [6, 6.07) is 32.3. The second-order valence-electron chi connectivity index (χ2n) is 10.1. The normalized spacial score (nSPS) is 14.6. The van der Waals surface area contributed by atoms with Crippen LogP contribution in [-0.2, 0) is 14.8 Å². The molecule has 0 unspecified atom stereocenters. The van der Waals surface area contributed by atoms with Gasteiger partial charge >= 0.3 is 0 Å². The first-order valence-corrected chi connectivity index (χ1v) is 15.5. The van der Waals surface area contributed by atoms with Crippen molar-refractivity contribution in [1.82, 2.24) is 9.21 Å². The number of hydrogen-bond donors (Lipinski definition) is 1. The number of nitrogens with zero attached hydrogens (tertiary/aromatic N) is 2. The van der Waals surface area contributed by atoms with Crippen LogP contribution in [0.15, 0.2) is 114 Å². The van der Waals surface area contributed by atoms with E-state index in [9.17, 15) is 13.2 Å². The average Bonchev–Trinajstić information content (AvgIpc) is 3.05. The van der Waals surface area contributed by atoms with E-state index < -0.39 is 10.0 Å². The van der Waals surface area contributed by atoms with Crippen LogP contribution in [0.2, 0.25) is 0 Å². The van der Waals surface area contributed by atoms with Gasteiger partial charge in [0, 0.05) is 37.9 Å². The van der Waals surface area contributed by atoms with Crippen LogP contribution in [0.1, 0.15) is 22.7 Å². The van der Waals surface area contributed by atoms with Gasteiger partial charge in [0.05, 0.1) is 25.2 Å². The van der Waals surface area contributed by atoms with Gasteiger partial charge in [0.1, 0.15) is 0 Å². The van der Waals surface area contributed by atoms with Crippen molar-refractivity contribution in [2.24, 2.45) is 0 Å². The second-order valence-corrected chi connectivity index (χ2v) is 12.1. The van der Waals surface area contributed by atoms with Gasteiger partial charge in [-0.25, -0.2) is 8.42 Å². The van der Waals surface area contributed by atoms with Crippen LogP contribution in [0, 0.1) is 0 Å². The molecule has 1 heterocycles. The lowest BCUT2D eigenvalue weighted by atomic mass is 9.96. The summed E-state index contributed by atoms with van der Waals surface area (Å²) in [5.41, 5.74) is 3.63. The molecule has 0 saturated carbocycles. The lowest BCUT2D eigenvalue weighted by Gasteiger charge is -2.39. The molecule has 0 atom stereocenters. The molecule has 0 radical (unpaired) electrons. The van der Waals surface area contributed by atoms with Gasteiger partial charge in [0.25, 0.3) is 0 Å². The maximum atomic E-state index is 13.5. The van der Waals surface area contributed by atoms with Crippen LogP contribution in [-0.4, -0.2) is 63.9 Å². The largest absolute Gasteiger partial charge is 0.493 e. The molecule has 1 saturated heterocycles. The van der Waals surface area contributed by atoms with Gasteiger partial charge < -0.3 is 14.8 Å². The van der Waals surface area contributed by atoms with Gasteiger partial charge in [0.2, 0.25) is 15.9 Å². The fourth-order valence-electron chi connectivity index (χ4n) is 5.26. The number of sulfonamides is 1. The summed E-state index contributed by atoms with van der Waals surface area (Å²) in [5.74, 6) is 0.827. The van der Waals surface area contributed by atoms with E-state index in [0.717, 1.165) is 5.56 Å². The van der Waals surface area contributed by atoms with Gasteiger partial charge in [-0.2, -0.15) is 4.31 Å². The van der Waals surface area contributed by atoms with Crippen molar-refractivity contribution < 1.29 is 22.7 Å². The minimum absolute atomic E-state index is 0.0518. The van der Waals surface area contributed by atoms with E-state index >= 15 is 0 Å². The Bertz CT molecular complexity index is 1610. The Morgan fingerprint density at radius 2 is 1.35 bits per heavy atom. The third-order valence-electron chi connectivity index (χ3n) is 7.46. The van der Waals surface area contributed by atoms with Gasteiger partial charge in [-0.1, -0.05) is 66.7 Å². The van der Waals surface area contributed by atoms with E-state index in [1.54, 1.807) is 44.6 Å². The van der Waals surface area contributed by atoms with Crippen molar-refractivity contribution in [2.45, 2.75) is 10.9 Å². The van der Waals surface area contributed by atoms with Gasteiger partial charge in [-0.05, 0) is 59.2 Å².